The van der Waals surface area contributed by atoms with Gasteiger partial charge in [0.1, 0.15) is 18.4 Å². The van der Waals surface area contributed by atoms with Gasteiger partial charge < -0.3 is 15.0 Å². The maximum absolute atomic E-state index is 12.9. The van der Waals surface area contributed by atoms with Crippen molar-refractivity contribution in [2.45, 2.75) is 26.5 Å². The highest BCUT2D eigenvalue weighted by Gasteiger charge is 2.34. The van der Waals surface area contributed by atoms with Crippen LogP contribution in [0.5, 0.6) is 5.75 Å². The summed E-state index contributed by atoms with van der Waals surface area (Å²) in [5, 5.41) is 2.94. The number of hydrogen-bond donors (Lipinski definition) is 1. The van der Waals surface area contributed by atoms with Gasteiger partial charge in [0.2, 0.25) is 5.91 Å². The number of thioether (sulfide) groups is 1. The molecule has 6 heteroatoms. The Morgan fingerprint density at radius 2 is 1.86 bits per heavy atom. The predicted molar refractivity (Wildman–Crippen MR) is 112 cm³/mol. The van der Waals surface area contributed by atoms with Crippen molar-refractivity contribution >= 4 is 23.6 Å². The Kier molecular flexibility index (Phi) is 6.98. The molecule has 1 aliphatic rings. The molecule has 1 unspecified atom stereocenters. The van der Waals surface area contributed by atoms with Crippen molar-refractivity contribution < 1.29 is 14.3 Å². The fourth-order valence-corrected chi connectivity index (χ4v) is 4.03. The number of rotatable bonds is 7. The number of carbonyl (C=O) groups is 2. The van der Waals surface area contributed by atoms with Gasteiger partial charge in [-0.2, -0.15) is 0 Å². The van der Waals surface area contributed by atoms with Crippen molar-refractivity contribution in [1.29, 1.82) is 0 Å². The third-order valence-electron chi connectivity index (χ3n) is 4.48. The lowest BCUT2D eigenvalue weighted by atomic mass is 10.1. The third kappa shape index (κ3) is 5.29. The molecule has 0 aromatic heterocycles. The van der Waals surface area contributed by atoms with Gasteiger partial charge in [0.15, 0.2) is 0 Å². The minimum absolute atomic E-state index is 0.0695. The van der Waals surface area contributed by atoms with E-state index in [9.17, 15) is 9.59 Å². The first-order valence-electron chi connectivity index (χ1n) is 9.48. The van der Waals surface area contributed by atoms with Crippen LogP contribution in [0, 0.1) is 5.92 Å². The minimum Gasteiger partial charge on any atom is -0.489 e. The highest BCUT2D eigenvalue weighted by Crippen LogP contribution is 2.24. The molecule has 1 N–H and O–H groups in total. The number of hydrogen-bond acceptors (Lipinski definition) is 4. The molecular formula is C22H26N2O3S. The van der Waals surface area contributed by atoms with Gasteiger partial charge in [0.25, 0.3) is 5.91 Å². The Balaban J connectivity index is 1.59. The third-order valence-corrected chi connectivity index (χ3v) is 5.49. The summed E-state index contributed by atoms with van der Waals surface area (Å²) in [6.45, 7) is 5.17. The molecule has 0 saturated carbocycles. The van der Waals surface area contributed by atoms with E-state index in [0.717, 1.165) is 11.3 Å². The average molecular weight is 399 g/mol. The van der Waals surface area contributed by atoms with E-state index in [1.807, 2.05) is 42.5 Å². The van der Waals surface area contributed by atoms with Crippen LogP contribution in [0.25, 0.3) is 0 Å². The SMILES string of the molecule is CC(C)CNC(=O)C1CSCN1C(=O)c1ccc(COc2ccccc2)cc1. The zero-order valence-corrected chi connectivity index (χ0v) is 17.1. The van der Waals surface area contributed by atoms with Gasteiger partial charge in [-0.3, -0.25) is 9.59 Å². The van der Waals surface area contributed by atoms with Gasteiger partial charge in [0.05, 0.1) is 5.88 Å². The summed E-state index contributed by atoms with van der Waals surface area (Å²) < 4.78 is 5.74. The van der Waals surface area contributed by atoms with E-state index < -0.39 is 6.04 Å². The maximum atomic E-state index is 12.9. The average Bonchev–Trinajstić information content (AvgIpc) is 3.21. The summed E-state index contributed by atoms with van der Waals surface area (Å²) in [4.78, 5) is 27.0. The molecule has 0 aliphatic carbocycles. The molecule has 148 valence electrons. The van der Waals surface area contributed by atoms with E-state index in [-0.39, 0.29) is 11.8 Å². The summed E-state index contributed by atoms with van der Waals surface area (Å²) in [5.74, 6) is 2.20. The molecule has 1 heterocycles. The van der Waals surface area contributed by atoms with E-state index >= 15 is 0 Å². The summed E-state index contributed by atoms with van der Waals surface area (Å²) in [6.07, 6.45) is 0. The summed E-state index contributed by atoms with van der Waals surface area (Å²) in [5.41, 5.74) is 1.58. The lowest BCUT2D eigenvalue weighted by Gasteiger charge is -2.23. The molecule has 1 aliphatic heterocycles. The van der Waals surface area contributed by atoms with Crippen molar-refractivity contribution in [3.8, 4) is 5.75 Å². The summed E-state index contributed by atoms with van der Waals surface area (Å²) >= 11 is 1.61. The van der Waals surface area contributed by atoms with Crippen LogP contribution >= 0.6 is 11.8 Å². The van der Waals surface area contributed by atoms with Crippen LogP contribution in [0.2, 0.25) is 0 Å². The zero-order chi connectivity index (χ0) is 19.9. The van der Waals surface area contributed by atoms with Crippen LogP contribution in [-0.4, -0.2) is 40.9 Å². The number of para-hydroxylation sites is 1. The Bertz CT molecular complexity index is 793. The minimum atomic E-state index is -0.405. The summed E-state index contributed by atoms with van der Waals surface area (Å²) in [6, 6.07) is 16.6. The standard InChI is InChI=1S/C22H26N2O3S/c1-16(2)12-23-21(25)20-14-28-15-24(20)22(26)18-10-8-17(9-11-18)13-27-19-6-4-3-5-7-19/h3-11,16,20H,12-15H2,1-2H3,(H,23,25). The topological polar surface area (TPSA) is 58.6 Å². The molecule has 2 amide bonds. The highest BCUT2D eigenvalue weighted by molar-refractivity contribution is 7.99. The largest absolute Gasteiger partial charge is 0.489 e. The Morgan fingerprint density at radius 3 is 2.54 bits per heavy atom. The second-order valence-corrected chi connectivity index (χ2v) is 8.23. The van der Waals surface area contributed by atoms with E-state index in [1.54, 1.807) is 28.8 Å². The van der Waals surface area contributed by atoms with Gasteiger partial charge in [0, 0.05) is 17.9 Å². The van der Waals surface area contributed by atoms with Crippen LogP contribution in [0.4, 0.5) is 0 Å². The van der Waals surface area contributed by atoms with Crippen LogP contribution in [0.15, 0.2) is 54.6 Å². The fourth-order valence-electron chi connectivity index (χ4n) is 2.88. The van der Waals surface area contributed by atoms with Gasteiger partial charge in [-0.25, -0.2) is 0 Å². The molecule has 0 bridgehead atoms. The lowest BCUT2D eigenvalue weighted by Crippen LogP contribution is -2.47. The fraction of sp³-hybridized carbons (Fsp3) is 0.364. The number of nitrogens with one attached hydrogen (secondary N) is 1. The maximum Gasteiger partial charge on any atom is 0.255 e. The molecule has 1 saturated heterocycles. The highest BCUT2D eigenvalue weighted by atomic mass is 32.2. The van der Waals surface area contributed by atoms with Crippen molar-refractivity contribution in [2.75, 3.05) is 18.2 Å². The Morgan fingerprint density at radius 1 is 1.14 bits per heavy atom. The molecule has 3 rings (SSSR count). The zero-order valence-electron chi connectivity index (χ0n) is 16.3. The van der Waals surface area contributed by atoms with Gasteiger partial charge >= 0.3 is 0 Å². The first-order valence-corrected chi connectivity index (χ1v) is 10.6. The first kappa shape index (κ1) is 20.3. The van der Waals surface area contributed by atoms with Crippen LogP contribution in [0.3, 0.4) is 0 Å². The van der Waals surface area contributed by atoms with E-state index in [2.05, 4.69) is 19.2 Å². The predicted octanol–water partition coefficient (Wildman–Crippen LogP) is 3.55. The lowest BCUT2D eigenvalue weighted by molar-refractivity contribution is -0.124. The molecule has 0 radical (unpaired) electrons. The van der Waals surface area contributed by atoms with Gasteiger partial charge in [-0.05, 0) is 35.7 Å². The molecule has 5 nitrogen and oxygen atoms in total. The quantitative estimate of drug-likeness (QED) is 0.775. The van der Waals surface area contributed by atoms with Gasteiger partial charge in [-0.1, -0.05) is 44.2 Å². The Hall–Kier alpha value is -2.47. The molecule has 1 fully saturated rings. The van der Waals surface area contributed by atoms with Gasteiger partial charge in [-0.15, -0.1) is 11.8 Å². The molecule has 2 aromatic rings. The van der Waals surface area contributed by atoms with Crippen molar-refractivity contribution in [3.05, 3.63) is 65.7 Å². The van der Waals surface area contributed by atoms with Crippen molar-refractivity contribution in [2.24, 2.45) is 5.92 Å². The van der Waals surface area contributed by atoms with Crippen LogP contribution in [-0.2, 0) is 11.4 Å². The Labute approximate surface area is 170 Å². The smallest absolute Gasteiger partial charge is 0.255 e. The van der Waals surface area contributed by atoms with E-state index in [4.69, 9.17) is 4.74 Å². The molecule has 2 aromatic carbocycles. The van der Waals surface area contributed by atoms with Crippen LogP contribution in [0.1, 0.15) is 29.8 Å². The normalized spacial score (nSPS) is 16.2. The molecular weight excluding hydrogens is 372 g/mol. The van der Waals surface area contributed by atoms with Crippen molar-refractivity contribution in [3.63, 3.8) is 0 Å². The second-order valence-electron chi connectivity index (χ2n) is 7.23. The number of amides is 2. The first-order chi connectivity index (χ1) is 13.5. The second kappa shape index (κ2) is 9.64. The number of carbonyl (C=O) groups excluding carboxylic acids is 2. The number of benzene rings is 2. The van der Waals surface area contributed by atoms with Crippen molar-refractivity contribution in [1.82, 2.24) is 10.2 Å². The van der Waals surface area contributed by atoms with Crippen LogP contribution < -0.4 is 10.1 Å². The summed E-state index contributed by atoms with van der Waals surface area (Å²) in [7, 11) is 0. The molecule has 0 spiro atoms. The number of ether oxygens (including phenoxy) is 1. The monoisotopic (exact) mass is 398 g/mol. The van der Waals surface area contributed by atoms with E-state index in [1.165, 1.54) is 0 Å². The van der Waals surface area contributed by atoms with E-state index in [0.29, 0.717) is 36.3 Å². The number of nitrogens with zero attached hydrogens (tertiary/aromatic N) is 1. The molecule has 1 atom stereocenters. The molecule has 28 heavy (non-hydrogen) atoms.